The van der Waals surface area contributed by atoms with Gasteiger partial charge in [0.05, 0.1) is 28.0 Å². The molecule has 7 N–H and O–H groups in total. The minimum atomic E-state index is -0.441. The highest BCUT2D eigenvalue weighted by atomic mass is 35.5. The molecule has 5 aromatic carbocycles. The van der Waals surface area contributed by atoms with Crippen LogP contribution in [0.3, 0.4) is 0 Å². The quantitative estimate of drug-likeness (QED) is 0.0415. The van der Waals surface area contributed by atoms with Crippen molar-refractivity contribution in [3.05, 3.63) is 177 Å². The van der Waals surface area contributed by atoms with Gasteiger partial charge >= 0.3 is 0 Å². The fraction of sp³-hybridized carbons (Fsp3) is 0.644. The highest BCUT2D eigenvalue weighted by Crippen LogP contribution is 2.34. The molecule has 0 spiro atoms. The molecule has 13 heteroatoms. The summed E-state index contributed by atoms with van der Waals surface area (Å²) in [5, 5.41) is 55.0. The van der Waals surface area contributed by atoms with Crippen molar-refractivity contribution in [1.29, 1.82) is 0 Å². The summed E-state index contributed by atoms with van der Waals surface area (Å²) in [4.78, 5) is 28.4. The van der Waals surface area contributed by atoms with E-state index in [1.165, 1.54) is 55.6 Å². The Morgan fingerprint density at radius 3 is 0.631 bits per heavy atom. The van der Waals surface area contributed by atoms with Crippen LogP contribution in [-0.2, 0) is 36.7 Å². The van der Waals surface area contributed by atoms with Gasteiger partial charge in [-0.25, -0.2) is 0 Å². The monoisotopic (exact) mass is 1440 g/mol. The number of piperidine rings is 5. The van der Waals surface area contributed by atoms with Crippen LogP contribution in [0.5, 0.6) is 0 Å². The molecule has 0 aliphatic carbocycles. The molecule has 580 valence electrons. The third kappa shape index (κ3) is 35.7. The number of aldehydes is 2. The zero-order chi connectivity index (χ0) is 76.3. The Labute approximate surface area is 633 Å². The van der Waals surface area contributed by atoms with Crippen molar-refractivity contribution in [2.75, 3.05) is 85.1 Å². The van der Waals surface area contributed by atoms with Gasteiger partial charge < -0.3 is 60.5 Å². The molecule has 12 nitrogen and oxygen atoms in total. The van der Waals surface area contributed by atoms with Crippen LogP contribution in [0.4, 0.5) is 0 Å². The van der Waals surface area contributed by atoms with E-state index in [9.17, 15) is 35.1 Å². The van der Waals surface area contributed by atoms with Crippen molar-refractivity contribution in [1.82, 2.24) is 25.3 Å². The van der Waals surface area contributed by atoms with E-state index in [2.05, 4.69) is 251 Å². The Balaban J connectivity index is 0.000000319. The molecule has 5 aromatic rings. The van der Waals surface area contributed by atoms with Crippen molar-refractivity contribution in [3.63, 3.8) is 0 Å². The average Bonchev–Trinajstić information content (AvgIpc) is 0.856. The maximum atomic E-state index is 10.5. The van der Waals surface area contributed by atoms with Gasteiger partial charge in [-0.3, -0.25) is 0 Å². The van der Waals surface area contributed by atoms with Crippen molar-refractivity contribution < 1.29 is 35.1 Å². The van der Waals surface area contributed by atoms with Crippen LogP contribution in [-0.4, -0.2) is 166 Å². The van der Waals surface area contributed by atoms with Crippen LogP contribution in [0.2, 0.25) is 0 Å². The van der Waals surface area contributed by atoms with Gasteiger partial charge in [0.2, 0.25) is 0 Å². The topological polar surface area (TPSA) is 169 Å². The minimum Gasteiger partial charge on any atom is -0.390 e. The molecule has 5 heterocycles. The van der Waals surface area contributed by atoms with Gasteiger partial charge in [-0.15, -0.1) is 12.4 Å². The van der Waals surface area contributed by atoms with E-state index in [1.807, 2.05) is 34.6 Å². The first-order valence-electron chi connectivity index (χ1n) is 38.8. The molecule has 0 saturated carbocycles. The normalized spacial score (nSPS) is 18.8. The number of benzene rings is 5. The SMILES string of the molecule is CC1(O)CCNCC1.CC1(O)CCNCC1.Cc1ccc(C(C)(C)CC=O)cc1.Cc1ccc(C(C)(C)CC=O)cc1.Cc1ccc(C(C)(C)CCN2CCC(C)(O)CC2)cc1.Cc1ccc(C(C)(C)CCN2CCC(C)(O)CC2)cc1.Cc1ccc(C(C)(C)CCN2CCC(C)(O)CC2)cc1.Cl. The second-order valence-corrected chi connectivity index (χ2v) is 35.8. The number of aliphatic hydroxyl groups is 5. The first-order valence-corrected chi connectivity index (χ1v) is 38.8. The smallest absolute Gasteiger partial charge is 0.120 e. The third-order valence-electron chi connectivity index (χ3n) is 22.7. The minimum absolute atomic E-state index is 0. The van der Waals surface area contributed by atoms with Crippen LogP contribution in [0.25, 0.3) is 0 Å². The number of nitrogens with zero attached hydrogens (tertiary/aromatic N) is 3. The van der Waals surface area contributed by atoms with Gasteiger partial charge in [0, 0.05) is 52.1 Å². The van der Waals surface area contributed by atoms with Crippen LogP contribution in [0, 0.1) is 34.6 Å². The molecule has 0 atom stereocenters. The lowest BCUT2D eigenvalue weighted by Gasteiger charge is -2.37. The molecule has 5 saturated heterocycles. The number of likely N-dealkylation sites (tertiary alicyclic amines) is 3. The maximum Gasteiger partial charge on any atom is 0.120 e. The summed E-state index contributed by atoms with van der Waals surface area (Å²) in [5.41, 5.74) is 11.7. The largest absolute Gasteiger partial charge is 0.390 e. The Kier molecular flexibility index (Phi) is 37.9. The molecule has 103 heavy (non-hydrogen) atoms. The van der Waals surface area contributed by atoms with E-state index in [1.54, 1.807) is 0 Å². The predicted octanol–water partition coefficient (Wildman–Crippen LogP) is 16.9. The number of hydrogen-bond donors (Lipinski definition) is 7. The van der Waals surface area contributed by atoms with E-state index >= 15 is 0 Å². The summed E-state index contributed by atoms with van der Waals surface area (Å²) in [6, 6.07) is 43.5. The maximum absolute atomic E-state index is 10.5. The summed E-state index contributed by atoms with van der Waals surface area (Å²) in [6.07, 6.45) is 15.6. The number of hydrogen-bond acceptors (Lipinski definition) is 12. The van der Waals surface area contributed by atoms with Crippen LogP contribution >= 0.6 is 12.4 Å². The summed E-state index contributed by atoms with van der Waals surface area (Å²) in [7, 11) is 0. The fourth-order valence-corrected chi connectivity index (χ4v) is 13.1. The first-order chi connectivity index (χ1) is 47.4. The summed E-state index contributed by atoms with van der Waals surface area (Å²) >= 11 is 0. The average molecular weight is 1450 g/mol. The molecular formula is C90H146ClN5O7. The molecular weight excluding hydrogens is 1300 g/mol. The molecule has 0 amide bonds. The predicted molar refractivity (Wildman–Crippen MR) is 438 cm³/mol. The number of carbonyl (C=O) groups is 2. The third-order valence-corrected chi connectivity index (χ3v) is 22.7. The molecule has 10 rings (SSSR count). The summed E-state index contributed by atoms with van der Waals surface area (Å²) < 4.78 is 0. The Bertz CT molecular complexity index is 2840. The van der Waals surface area contributed by atoms with Crippen molar-refractivity contribution >= 4 is 25.0 Å². The van der Waals surface area contributed by atoms with Crippen molar-refractivity contribution in [2.45, 2.75) is 290 Å². The van der Waals surface area contributed by atoms with E-state index in [0.29, 0.717) is 12.8 Å². The van der Waals surface area contributed by atoms with Gasteiger partial charge in [0.15, 0.2) is 0 Å². The first kappa shape index (κ1) is 92.5. The number of halogens is 1. The summed E-state index contributed by atoms with van der Waals surface area (Å²) in [6.45, 7) is 55.9. The summed E-state index contributed by atoms with van der Waals surface area (Å²) in [5.74, 6) is 0. The van der Waals surface area contributed by atoms with Crippen molar-refractivity contribution in [2.24, 2.45) is 0 Å². The molecule has 0 unspecified atom stereocenters. The number of carbonyl (C=O) groups excluding carboxylic acids is 2. The standard InChI is InChI=1S/3C18H29NO.2C12H16O.2C6H13NO.ClH/c3*1-15-5-7-16(8-6-15)17(2,3)9-12-19-13-10-18(4,20)11-14-19;2*1-10-4-6-11(7-5-10)12(2,3)8-9-13;2*1-6(8)2-4-7-5-3-6;/h3*5-8,20H,9-14H2,1-4H3;2*4-7,9H,8H2,1-3H3;2*7-8H,2-5H2,1H3;1H. The van der Waals surface area contributed by atoms with Gasteiger partial charge in [0.1, 0.15) is 12.6 Å². The Morgan fingerprint density at radius 1 is 0.311 bits per heavy atom. The molecule has 0 radical (unpaired) electrons. The van der Waals surface area contributed by atoms with Crippen LogP contribution in [0.15, 0.2) is 121 Å². The lowest BCUT2D eigenvalue weighted by molar-refractivity contribution is -0.109. The number of nitrogens with one attached hydrogen (secondary N) is 2. The highest BCUT2D eigenvalue weighted by molar-refractivity contribution is 5.85. The molecule has 5 fully saturated rings. The van der Waals surface area contributed by atoms with E-state index in [-0.39, 0.29) is 50.7 Å². The zero-order valence-corrected chi connectivity index (χ0v) is 69.1. The highest BCUT2D eigenvalue weighted by Gasteiger charge is 2.33. The van der Waals surface area contributed by atoms with Gasteiger partial charge in [-0.2, -0.15) is 0 Å². The molecule has 5 aliphatic heterocycles. The van der Waals surface area contributed by atoms with Crippen LogP contribution < -0.4 is 10.6 Å². The van der Waals surface area contributed by atoms with E-state index in [0.717, 1.165) is 181 Å². The second-order valence-electron chi connectivity index (χ2n) is 35.8. The number of aryl methyl sites for hydroxylation is 5. The Hall–Kier alpha value is -4.67. The fourth-order valence-electron chi connectivity index (χ4n) is 13.1. The van der Waals surface area contributed by atoms with E-state index in [4.69, 9.17) is 0 Å². The second kappa shape index (κ2) is 42.2. The van der Waals surface area contributed by atoms with Gasteiger partial charge in [0.25, 0.3) is 0 Å². The van der Waals surface area contributed by atoms with Gasteiger partial charge in [-0.05, 0) is 253 Å². The van der Waals surface area contributed by atoms with Gasteiger partial charge in [-0.1, -0.05) is 218 Å². The molecule has 5 aliphatic rings. The van der Waals surface area contributed by atoms with Crippen LogP contribution in [0.1, 0.15) is 256 Å². The molecule has 0 bridgehead atoms. The number of rotatable bonds is 18. The zero-order valence-electron chi connectivity index (χ0n) is 68.3. The Morgan fingerprint density at radius 2 is 0.476 bits per heavy atom. The molecule has 0 aromatic heterocycles. The van der Waals surface area contributed by atoms with E-state index < -0.39 is 16.8 Å². The van der Waals surface area contributed by atoms with Crippen molar-refractivity contribution in [3.8, 4) is 0 Å². The lowest BCUT2D eigenvalue weighted by atomic mass is 9.81. The lowest BCUT2D eigenvalue weighted by Crippen LogP contribution is -2.43.